The van der Waals surface area contributed by atoms with Crippen LogP contribution in [0.25, 0.3) is 0 Å². The maximum absolute atomic E-state index is 5.80. The van der Waals surface area contributed by atoms with Crippen LogP contribution in [0, 0.1) is 5.92 Å². The molecule has 2 aromatic carbocycles. The number of nitrogens with one attached hydrogen (secondary N) is 1. The number of rotatable bonds is 4. The molecule has 0 bridgehead atoms. The predicted molar refractivity (Wildman–Crippen MR) is 83.7 cm³/mol. The standard InChI is InChI=1S/C18H21NO2/c1-13-12-21-17-10-6-4-8-15(17)18(13)19-11-14-7-3-5-9-16(14)20-2/h3-10,13,18-19H,11-12H2,1-2H3. The molecule has 1 aliphatic rings. The molecular formula is C18H21NO2. The molecule has 3 heteroatoms. The minimum atomic E-state index is 0.305. The molecule has 0 aliphatic carbocycles. The second-order valence-electron chi connectivity index (χ2n) is 5.50. The summed E-state index contributed by atoms with van der Waals surface area (Å²) in [5.74, 6) is 2.36. The van der Waals surface area contributed by atoms with E-state index in [0.29, 0.717) is 12.0 Å². The fourth-order valence-electron chi connectivity index (χ4n) is 2.87. The van der Waals surface area contributed by atoms with E-state index in [0.717, 1.165) is 24.7 Å². The van der Waals surface area contributed by atoms with Crippen molar-refractivity contribution in [2.45, 2.75) is 19.5 Å². The van der Waals surface area contributed by atoms with Gasteiger partial charge in [0, 0.05) is 29.6 Å². The number of hydrogen-bond donors (Lipinski definition) is 1. The Morgan fingerprint density at radius 2 is 1.90 bits per heavy atom. The van der Waals surface area contributed by atoms with E-state index >= 15 is 0 Å². The molecule has 1 aliphatic heterocycles. The third-order valence-corrected chi connectivity index (χ3v) is 4.03. The van der Waals surface area contributed by atoms with Crippen molar-refractivity contribution in [2.24, 2.45) is 5.92 Å². The monoisotopic (exact) mass is 283 g/mol. The molecule has 21 heavy (non-hydrogen) atoms. The first-order valence-corrected chi connectivity index (χ1v) is 7.36. The van der Waals surface area contributed by atoms with E-state index < -0.39 is 0 Å². The van der Waals surface area contributed by atoms with Crippen LogP contribution in [0.15, 0.2) is 48.5 Å². The average molecular weight is 283 g/mol. The van der Waals surface area contributed by atoms with E-state index in [1.165, 1.54) is 11.1 Å². The number of fused-ring (bicyclic) bond motifs is 1. The van der Waals surface area contributed by atoms with Gasteiger partial charge in [-0.25, -0.2) is 0 Å². The summed E-state index contributed by atoms with van der Waals surface area (Å²) in [7, 11) is 1.71. The van der Waals surface area contributed by atoms with Gasteiger partial charge in [0.05, 0.1) is 13.7 Å². The lowest BCUT2D eigenvalue weighted by molar-refractivity contribution is 0.187. The highest BCUT2D eigenvalue weighted by Gasteiger charge is 2.27. The van der Waals surface area contributed by atoms with Crippen LogP contribution in [0.2, 0.25) is 0 Å². The maximum Gasteiger partial charge on any atom is 0.124 e. The van der Waals surface area contributed by atoms with Crippen LogP contribution in [0.3, 0.4) is 0 Å². The lowest BCUT2D eigenvalue weighted by Gasteiger charge is -2.32. The molecule has 0 aromatic heterocycles. The van der Waals surface area contributed by atoms with E-state index in [1.54, 1.807) is 7.11 Å². The molecule has 2 unspecified atom stereocenters. The number of ether oxygens (including phenoxy) is 2. The Kier molecular flexibility index (Phi) is 4.11. The third-order valence-electron chi connectivity index (χ3n) is 4.03. The lowest BCUT2D eigenvalue weighted by Crippen LogP contribution is -2.33. The summed E-state index contributed by atoms with van der Waals surface area (Å²) in [6.45, 7) is 3.75. The number of hydrogen-bond acceptors (Lipinski definition) is 3. The van der Waals surface area contributed by atoms with Crippen molar-refractivity contribution in [1.29, 1.82) is 0 Å². The second kappa shape index (κ2) is 6.19. The minimum absolute atomic E-state index is 0.305. The van der Waals surface area contributed by atoms with Crippen LogP contribution in [-0.2, 0) is 6.54 Å². The molecule has 110 valence electrons. The Balaban J connectivity index is 1.78. The molecule has 3 rings (SSSR count). The highest BCUT2D eigenvalue weighted by atomic mass is 16.5. The van der Waals surface area contributed by atoms with E-state index in [1.807, 2.05) is 30.3 Å². The van der Waals surface area contributed by atoms with Crippen LogP contribution in [0.1, 0.15) is 24.1 Å². The smallest absolute Gasteiger partial charge is 0.124 e. The second-order valence-corrected chi connectivity index (χ2v) is 5.50. The number of methoxy groups -OCH3 is 1. The van der Waals surface area contributed by atoms with Gasteiger partial charge in [-0.05, 0) is 12.1 Å². The number of para-hydroxylation sites is 2. The topological polar surface area (TPSA) is 30.5 Å². The van der Waals surface area contributed by atoms with Crippen molar-refractivity contribution in [3.05, 3.63) is 59.7 Å². The Bertz CT molecular complexity index is 612. The van der Waals surface area contributed by atoms with Crippen molar-refractivity contribution in [3.63, 3.8) is 0 Å². The van der Waals surface area contributed by atoms with Gasteiger partial charge in [0.2, 0.25) is 0 Å². The molecule has 2 aromatic rings. The third kappa shape index (κ3) is 2.88. The van der Waals surface area contributed by atoms with E-state index in [4.69, 9.17) is 9.47 Å². The van der Waals surface area contributed by atoms with E-state index in [-0.39, 0.29) is 0 Å². The van der Waals surface area contributed by atoms with Crippen molar-refractivity contribution < 1.29 is 9.47 Å². The van der Waals surface area contributed by atoms with Crippen molar-refractivity contribution >= 4 is 0 Å². The molecule has 0 spiro atoms. The summed E-state index contributed by atoms with van der Waals surface area (Å²) in [6.07, 6.45) is 0. The zero-order valence-electron chi connectivity index (χ0n) is 12.5. The predicted octanol–water partition coefficient (Wildman–Crippen LogP) is 3.55. The lowest BCUT2D eigenvalue weighted by atomic mass is 9.92. The summed E-state index contributed by atoms with van der Waals surface area (Å²) < 4.78 is 11.2. The first-order valence-electron chi connectivity index (χ1n) is 7.36. The SMILES string of the molecule is COc1ccccc1CNC1c2ccccc2OCC1C. The van der Waals surface area contributed by atoms with Gasteiger partial charge in [-0.15, -0.1) is 0 Å². The Morgan fingerprint density at radius 1 is 1.14 bits per heavy atom. The van der Waals surface area contributed by atoms with Gasteiger partial charge >= 0.3 is 0 Å². The average Bonchev–Trinajstić information content (AvgIpc) is 2.54. The summed E-state index contributed by atoms with van der Waals surface area (Å²) in [4.78, 5) is 0. The highest BCUT2D eigenvalue weighted by Crippen LogP contribution is 2.35. The quantitative estimate of drug-likeness (QED) is 0.930. The van der Waals surface area contributed by atoms with Crippen LogP contribution >= 0.6 is 0 Å². The Morgan fingerprint density at radius 3 is 2.76 bits per heavy atom. The summed E-state index contributed by atoms with van der Waals surface area (Å²) in [6, 6.07) is 16.7. The molecule has 2 atom stereocenters. The molecule has 3 nitrogen and oxygen atoms in total. The van der Waals surface area contributed by atoms with E-state index in [9.17, 15) is 0 Å². The van der Waals surface area contributed by atoms with E-state index in [2.05, 4.69) is 30.4 Å². The molecular weight excluding hydrogens is 262 g/mol. The fourth-order valence-corrected chi connectivity index (χ4v) is 2.87. The van der Waals surface area contributed by atoms with Gasteiger partial charge < -0.3 is 14.8 Å². The summed E-state index contributed by atoms with van der Waals surface area (Å²) >= 11 is 0. The molecule has 1 heterocycles. The van der Waals surface area contributed by atoms with Gasteiger partial charge in [0.15, 0.2) is 0 Å². The summed E-state index contributed by atoms with van der Waals surface area (Å²) in [5, 5.41) is 3.66. The van der Waals surface area contributed by atoms with Gasteiger partial charge in [-0.2, -0.15) is 0 Å². The molecule has 0 amide bonds. The molecule has 0 saturated carbocycles. The van der Waals surface area contributed by atoms with Gasteiger partial charge in [0.25, 0.3) is 0 Å². The first kappa shape index (κ1) is 14.0. The molecule has 0 fully saturated rings. The van der Waals surface area contributed by atoms with Crippen LogP contribution < -0.4 is 14.8 Å². The van der Waals surface area contributed by atoms with Crippen molar-refractivity contribution in [3.8, 4) is 11.5 Å². The zero-order chi connectivity index (χ0) is 14.7. The van der Waals surface area contributed by atoms with Crippen LogP contribution in [-0.4, -0.2) is 13.7 Å². The highest BCUT2D eigenvalue weighted by molar-refractivity contribution is 5.38. The zero-order valence-corrected chi connectivity index (χ0v) is 12.5. The Labute approximate surface area is 125 Å². The minimum Gasteiger partial charge on any atom is -0.496 e. The van der Waals surface area contributed by atoms with Crippen molar-refractivity contribution in [2.75, 3.05) is 13.7 Å². The first-order chi connectivity index (χ1) is 10.3. The van der Waals surface area contributed by atoms with Crippen molar-refractivity contribution in [1.82, 2.24) is 5.32 Å². The Hall–Kier alpha value is -2.00. The maximum atomic E-state index is 5.80. The number of benzene rings is 2. The van der Waals surface area contributed by atoms with Gasteiger partial charge in [0.1, 0.15) is 11.5 Å². The van der Waals surface area contributed by atoms with Crippen LogP contribution in [0.5, 0.6) is 11.5 Å². The molecule has 1 N–H and O–H groups in total. The normalized spacial score (nSPS) is 20.5. The summed E-state index contributed by atoms with van der Waals surface area (Å²) in [5.41, 5.74) is 2.42. The van der Waals surface area contributed by atoms with Crippen LogP contribution in [0.4, 0.5) is 0 Å². The molecule has 0 radical (unpaired) electrons. The van der Waals surface area contributed by atoms with Gasteiger partial charge in [-0.1, -0.05) is 43.3 Å². The largest absolute Gasteiger partial charge is 0.496 e. The van der Waals surface area contributed by atoms with Gasteiger partial charge in [-0.3, -0.25) is 0 Å². The fraction of sp³-hybridized carbons (Fsp3) is 0.333. The molecule has 0 saturated heterocycles.